The third kappa shape index (κ3) is 2.04. The van der Waals surface area contributed by atoms with E-state index in [1.165, 1.54) is 25.3 Å². The number of rotatable bonds is 3. The fraction of sp³-hybridized carbons (Fsp3) is 0.0909. The maximum absolute atomic E-state index is 11.4. The van der Waals surface area contributed by atoms with Crippen LogP contribution in [0.4, 0.5) is 0 Å². The molecule has 1 aromatic heterocycles. The lowest BCUT2D eigenvalue weighted by molar-refractivity contribution is 0.0600. The normalized spacial score (nSPS) is 9.40. The predicted molar refractivity (Wildman–Crippen MR) is 58.6 cm³/mol. The van der Waals surface area contributed by atoms with Crippen molar-refractivity contribution in [3.05, 3.63) is 46.4 Å². The maximum atomic E-state index is 11.4. The number of ether oxygens (including phenoxy) is 1. The fourth-order valence-electron chi connectivity index (χ4n) is 1.25. The Kier molecular flexibility index (Phi) is 3.23. The molecule has 1 aromatic rings. The van der Waals surface area contributed by atoms with Crippen molar-refractivity contribution in [3.8, 4) is 0 Å². The minimum atomic E-state index is -0.570. The van der Waals surface area contributed by atoms with Crippen LogP contribution in [0.25, 0.3) is 12.2 Å². The molecule has 0 fully saturated rings. The van der Waals surface area contributed by atoms with Crippen LogP contribution < -0.4 is 5.56 Å². The van der Waals surface area contributed by atoms with Crippen molar-refractivity contribution >= 4 is 18.1 Å². The SMILES string of the molecule is C=Cc1[nH]c(=O)cc(C(=O)OC)c1C=C. The monoisotopic (exact) mass is 205 g/mol. The van der Waals surface area contributed by atoms with Gasteiger partial charge in [0.05, 0.1) is 12.7 Å². The Balaban J connectivity index is 3.55. The highest BCUT2D eigenvalue weighted by molar-refractivity contribution is 5.94. The smallest absolute Gasteiger partial charge is 0.338 e. The van der Waals surface area contributed by atoms with E-state index in [1.54, 1.807) is 0 Å². The first kappa shape index (κ1) is 11.0. The molecule has 0 aliphatic carbocycles. The summed E-state index contributed by atoms with van der Waals surface area (Å²) >= 11 is 0. The van der Waals surface area contributed by atoms with Gasteiger partial charge in [-0.05, 0) is 6.08 Å². The highest BCUT2D eigenvalue weighted by Crippen LogP contribution is 2.14. The summed E-state index contributed by atoms with van der Waals surface area (Å²) in [5.74, 6) is -0.570. The molecule has 0 aromatic carbocycles. The van der Waals surface area contributed by atoms with E-state index in [-0.39, 0.29) is 11.1 Å². The maximum Gasteiger partial charge on any atom is 0.338 e. The van der Waals surface area contributed by atoms with Gasteiger partial charge in [-0.1, -0.05) is 19.2 Å². The van der Waals surface area contributed by atoms with E-state index in [1.807, 2.05) is 0 Å². The molecule has 0 saturated carbocycles. The Morgan fingerprint density at radius 2 is 2.13 bits per heavy atom. The molecular formula is C11H11NO3. The van der Waals surface area contributed by atoms with Gasteiger partial charge in [-0.3, -0.25) is 4.79 Å². The van der Waals surface area contributed by atoms with Crippen molar-refractivity contribution in [1.29, 1.82) is 0 Å². The number of H-pyrrole nitrogens is 1. The summed E-state index contributed by atoms with van der Waals surface area (Å²) in [6.45, 7) is 7.11. The van der Waals surface area contributed by atoms with Crippen LogP contribution in [-0.4, -0.2) is 18.1 Å². The number of hydrogen-bond donors (Lipinski definition) is 1. The molecule has 4 heteroatoms. The Bertz CT molecular complexity index is 471. The molecule has 1 rings (SSSR count). The van der Waals surface area contributed by atoms with Gasteiger partial charge in [0.15, 0.2) is 0 Å². The van der Waals surface area contributed by atoms with Crippen LogP contribution in [0.15, 0.2) is 24.0 Å². The third-order valence-corrected chi connectivity index (χ3v) is 1.93. The van der Waals surface area contributed by atoms with Crippen LogP contribution in [0.2, 0.25) is 0 Å². The number of aromatic amines is 1. The van der Waals surface area contributed by atoms with Crippen molar-refractivity contribution in [3.63, 3.8) is 0 Å². The summed E-state index contributed by atoms with van der Waals surface area (Å²) in [6.07, 6.45) is 2.92. The second-order valence-corrected chi connectivity index (χ2v) is 2.77. The lowest BCUT2D eigenvalue weighted by Gasteiger charge is -2.06. The number of carbonyl (C=O) groups excluding carboxylic acids is 1. The summed E-state index contributed by atoms with van der Waals surface area (Å²) in [6, 6.07) is 1.18. The first-order valence-electron chi connectivity index (χ1n) is 4.24. The zero-order chi connectivity index (χ0) is 11.4. The second-order valence-electron chi connectivity index (χ2n) is 2.77. The highest BCUT2D eigenvalue weighted by atomic mass is 16.5. The first-order valence-corrected chi connectivity index (χ1v) is 4.24. The van der Waals surface area contributed by atoms with E-state index in [2.05, 4.69) is 22.9 Å². The molecule has 4 nitrogen and oxygen atoms in total. The number of pyridine rings is 1. The Labute approximate surface area is 86.9 Å². The zero-order valence-corrected chi connectivity index (χ0v) is 8.37. The molecule has 0 amide bonds. The summed E-state index contributed by atoms with van der Waals surface area (Å²) in [5, 5.41) is 0. The van der Waals surface area contributed by atoms with Gasteiger partial charge in [-0.2, -0.15) is 0 Å². The second kappa shape index (κ2) is 4.41. The molecular weight excluding hydrogens is 194 g/mol. The lowest BCUT2D eigenvalue weighted by atomic mass is 10.1. The van der Waals surface area contributed by atoms with Crippen molar-refractivity contribution in [2.45, 2.75) is 0 Å². The topological polar surface area (TPSA) is 59.2 Å². The van der Waals surface area contributed by atoms with E-state index in [9.17, 15) is 9.59 Å². The van der Waals surface area contributed by atoms with Gasteiger partial charge < -0.3 is 9.72 Å². The molecule has 0 unspecified atom stereocenters. The van der Waals surface area contributed by atoms with E-state index < -0.39 is 5.97 Å². The van der Waals surface area contributed by atoms with Gasteiger partial charge in [-0.25, -0.2) is 4.79 Å². The number of hydrogen-bond acceptors (Lipinski definition) is 3. The number of esters is 1. The predicted octanol–water partition coefficient (Wildman–Crippen LogP) is 1.45. The molecule has 0 atom stereocenters. The Morgan fingerprint density at radius 1 is 1.47 bits per heavy atom. The minimum absolute atomic E-state index is 0.186. The summed E-state index contributed by atoms with van der Waals surface area (Å²) in [4.78, 5) is 25.1. The lowest BCUT2D eigenvalue weighted by Crippen LogP contribution is -2.14. The van der Waals surface area contributed by atoms with E-state index >= 15 is 0 Å². The summed E-state index contributed by atoms with van der Waals surface area (Å²) in [7, 11) is 1.25. The van der Waals surface area contributed by atoms with Crippen molar-refractivity contribution in [2.75, 3.05) is 7.11 Å². The van der Waals surface area contributed by atoms with Crippen LogP contribution in [-0.2, 0) is 4.74 Å². The molecule has 15 heavy (non-hydrogen) atoms. The van der Waals surface area contributed by atoms with Crippen molar-refractivity contribution in [2.24, 2.45) is 0 Å². The standard InChI is InChI=1S/C11H11NO3/c1-4-7-8(11(14)15-3)6-10(13)12-9(7)5-2/h4-6H,1-2H2,3H3,(H,12,13). The minimum Gasteiger partial charge on any atom is -0.465 e. The van der Waals surface area contributed by atoms with Gasteiger partial charge >= 0.3 is 5.97 Å². The Hall–Kier alpha value is -2.10. The average Bonchev–Trinajstić information content (AvgIpc) is 2.26. The fourth-order valence-corrected chi connectivity index (χ4v) is 1.25. The molecule has 0 aliphatic heterocycles. The third-order valence-electron chi connectivity index (χ3n) is 1.93. The highest BCUT2D eigenvalue weighted by Gasteiger charge is 2.13. The van der Waals surface area contributed by atoms with Gasteiger partial charge in [0.1, 0.15) is 0 Å². The molecule has 78 valence electrons. The van der Waals surface area contributed by atoms with Crippen molar-refractivity contribution < 1.29 is 9.53 Å². The molecule has 0 spiro atoms. The zero-order valence-electron chi connectivity index (χ0n) is 8.37. The molecule has 1 N–H and O–H groups in total. The average molecular weight is 205 g/mol. The van der Waals surface area contributed by atoms with Crippen LogP contribution in [0.5, 0.6) is 0 Å². The first-order chi connectivity index (χ1) is 7.13. The number of aromatic nitrogens is 1. The number of nitrogens with one attached hydrogen (secondary N) is 1. The number of methoxy groups -OCH3 is 1. The quantitative estimate of drug-likeness (QED) is 0.760. The van der Waals surface area contributed by atoms with Crippen LogP contribution in [0, 0.1) is 0 Å². The van der Waals surface area contributed by atoms with E-state index in [0.29, 0.717) is 11.3 Å². The van der Waals surface area contributed by atoms with Crippen LogP contribution in [0.3, 0.4) is 0 Å². The van der Waals surface area contributed by atoms with Crippen molar-refractivity contribution in [1.82, 2.24) is 4.98 Å². The summed E-state index contributed by atoms with van der Waals surface area (Å²) in [5.41, 5.74) is 0.774. The van der Waals surface area contributed by atoms with Gasteiger partial charge in [-0.15, -0.1) is 0 Å². The van der Waals surface area contributed by atoms with Crippen LogP contribution >= 0.6 is 0 Å². The largest absolute Gasteiger partial charge is 0.465 e. The summed E-state index contributed by atoms with van der Waals surface area (Å²) < 4.78 is 4.56. The molecule has 0 saturated heterocycles. The van der Waals surface area contributed by atoms with Gasteiger partial charge in [0.25, 0.3) is 0 Å². The molecule has 0 radical (unpaired) electrons. The molecule has 0 aliphatic rings. The van der Waals surface area contributed by atoms with E-state index in [0.717, 1.165) is 0 Å². The van der Waals surface area contributed by atoms with Gasteiger partial charge in [0, 0.05) is 17.3 Å². The molecule has 0 bridgehead atoms. The molecule has 1 heterocycles. The van der Waals surface area contributed by atoms with Crippen LogP contribution in [0.1, 0.15) is 21.6 Å². The Morgan fingerprint density at radius 3 is 2.60 bits per heavy atom. The van der Waals surface area contributed by atoms with Gasteiger partial charge in [0.2, 0.25) is 5.56 Å². The number of carbonyl (C=O) groups is 1. The van der Waals surface area contributed by atoms with E-state index in [4.69, 9.17) is 0 Å².